The van der Waals surface area contributed by atoms with Gasteiger partial charge in [0.05, 0.1) is 5.75 Å². The van der Waals surface area contributed by atoms with Gasteiger partial charge in [0.15, 0.2) is 9.84 Å². The lowest BCUT2D eigenvalue weighted by molar-refractivity contribution is -0.250. The zero-order valence-electron chi connectivity index (χ0n) is 14.1. The lowest BCUT2D eigenvalue weighted by Gasteiger charge is -2.37. The van der Waals surface area contributed by atoms with Crippen LogP contribution in [0.25, 0.3) is 0 Å². The maximum absolute atomic E-state index is 12.9. The average molecular weight is 398 g/mol. The smallest absolute Gasteiger partial charge is 0.373 e. The monoisotopic (exact) mass is 398 g/mol. The minimum Gasteiger partial charge on any atom is -0.373 e. The molecular weight excluding hydrogens is 377 g/mol. The number of nitrogens with zero attached hydrogens (tertiary/aromatic N) is 1. The lowest BCUT2D eigenvalue weighted by atomic mass is 9.99. The number of rotatable bonds is 3. The Morgan fingerprint density at radius 2 is 1.88 bits per heavy atom. The number of hydrogen-bond acceptors (Lipinski definition) is 5. The van der Waals surface area contributed by atoms with Crippen LogP contribution in [0.1, 0.15) is 32.6 Å². The van der Waals surface area contributed by atoms with E-state index in [2.05, 4.69) is 5.32 Å². The highest BCUT2D eigenvalue weighted by Gasteiger charge is 2.60. The van der Waals surface area contributed by atoms with E-state index < -0.39 is 44.7 Å². The molecule has 7 nitrogen and oxygen atoms in total. The molecule has 0 aromatic rings. The number of hydrogen-bond donors (Lipinski definition) is 2. The van der Waals surface area contributed by atoms with Gasteiger partial charge in [0, 0.05) is 18.6 Å². The van der Waals surface area contributed by atoms with Crippen molar-refractivity contribution in [1.29, 1.82) is 0 Å². The third kappa shape index (κ3) is 3.08. The SMILES string of the molecule is CC(O)(C(=O)N1C[C@H]2C[C@H]1C[C@H]2NC(=O)C1CCCS1(=O)=O)C(F)(F)F. The molecule has 3 fully saturated rings. The Morgan fingerprint density at radius 3 is 2.35 bits per heavy atom. The predicted molar refractivity (Wildman–Crippen MR) is 83.6 cm³/mol. The normalized spacial score (nSPS) is 35.3. The molecule has 0 aromatic heterocycles. The van der Waals surface area contributed by atoms with Crippen LogP contribution in [0.3, 0.4) is 0 Å². The van der Waals surface area contributed by atoms with Crippen molar-refractivity contribution in [2.75, 3.05) is 12.3 Å². The van der Waals surface area contributed by atoms with Gasteiger partial charge in [-0.3, -0.25) is 9.59 Å². The zero-order valence-corrected chi connectivity index (χ0v) is 14.9. The number of nitrogens with one attached hydrogen (secondary N) is 1. The van der Waals surface area contributed by atoms with Crippen LogP contribution in [0.4, 0.5) is 13.2 Å². The Hall–Kier alpha value is -1.36. The molecule has 2 heterocycles. The van der Waals surface area contributed by atoms with E-state index >= 15 is 0 Å². The van der Waals surface area contributed by atoms with Crippen LogP contribution < -0.4 is 5.32 Å². The molecule has 2 unspecified atom stereocenters. The van der Waals surface area contributed by atoms with Crippen molar-refractivity contribution in [3.8, 4) is 0 Å². The summed E-state index contributed by atoms with van der Waals surface area (Å²) in [5.41, 5.74) is -3.45. The molecule has 1 aliphatic carbocycles. The summed E-state index contributed by atoms with van der Waals surface area (Å²) in [5.74, 6) is -2.22. The molecule has 0 radical (unpaired) electrons. The molecule has 2 bridgehead atoms. The van der Waals surface area contributed by atoms with Gasteiger partial charge in [-0.05, 0) is 38.5 Å². The number of aliphatic hydroxyl groups is 1. The molecule has 2 saturated heterocycles. The number of alkyl halides is 3. The molecule has 148 valence electrons. The van der Waals surface area contributed by atoms with Gasteiger partial charge < -0.3 is 15.3 Å². The van der Waals surface area contributed by atoms with Crippen LogP contribution in [0.5, 0.6) is 0 Å². The summed E-state index contributed by atoms with van der Waals surface area (Å²) in [4.78, 5) is 25.4. The topological polar surface area (TPSA) is 104 Å². The first-order chi connectivity index (χ1) is 11.8. The van der Waals surface area contributed by atoms with E-state index in [4.69, 9.17) is 0 Å². The van der Waals surface area contributed by atoms with Gasteiger partial charge >= 0.3 is 6.18 Å². The van der Waals surface area contributed by atoms with E-state index in [9.17, 15) is 36.3 Å². The van der Waals surface area contributed by atoms with Crippen LogP contribution in [0.2, 0.25) is 0 Å². The number of piperidine rings is 1. The maximum atomic E-state index is 12.9. The van der Waals surface area contributed by atoms with E-state index in [-0.39, 0.29) is 37.1 Å². The Balaban J connectivity index is 1.62. The summed E-state index contributed by atoms with van der Waals surface area (Å²) in [7, 11) is -3.44. The van der Waals surface area contributed by atoms with Gasteiger partial charge in [0.2, 0.25) is 11.5 Å². The number of carbonyl (C=O) groups is 2. The third-order valence-electron chi connectivity index (χ3n) is 5.72. The molecule has 0 aromatic carbocycles. The van der Waals surface area contributed by atoms with Gasteiger partial charge in [-0.2, -0.15) is 13.2 Å². The van der Waals surface area contributed by atoms with Crippen LogP contribution in [-0.4, -0.2) is 71.6 Å². The molecule has 5 atom stereocenters. The predicted octanol–water partition coefficient (Wildman–Crippen LogP) is -0.0175. The second-order valence-electron chi connectivity index (χ2n) is 7.53. The molecule has 26 heavy (non-hydrogen) atoms. The van der Waals surface area contributed by atoms with Gasteiger partial charge in [-0.15, -0.1) is 0 Å². The zero-order chi connectivity index (χ0) is 19.5. The molecule has 2 aliphatic heterocycles. The number of fused-ring (bicyclic) bond motifs is 2. The Bertz CT molecular complexity index is 721. The van der Waals surface area contributed by atoms with Crippen molar-refractivity contribution in [2.45, 2.75) is 61.7 Å². The van der Waals surface area contributed by atoms with E-state index in [1.165, 1.54) is 0 Å². The van der Waals surface area contributed by atoms with Crippen molar-refractivity contribution in [3.63, 3.8) is 0 Å². The van der Waals surface area contributed by atoms with Crippen molar-refractivity contribution in [1.82, 2.24) is 10.2 Å². The minimum absolute atomic E-state index is 0.00189. The highest BCUT2D eigenvalue weighted by Crippen LogP contribution is 2.41. The summed E-state index contributed by atoms with van der Waals surface area (Å²) >= 11 is 0. The summed E-state index contributed by atoms with van der Waals surface area (Å²) in [6, 6.07) is -0.880. The van der Waals surface area contributed by atoms with E-state index in [0.29, 0.717) is 19.8 Å². The molecule has 3 rings (SSSR count). The quantitative estimate of drug-likeness (QED) is 0.696. The maximum Gasteiger partial charge on any atom is 0.426 e. The average Bonchev–Trinajstić information content (AvgIpc) is 3.18. The number of halogens is 3. The van der Waals surface area contributed by atoms with E-state index in [1.54, 1.807) is 0 Å². The minimum atomic E-state index is -5.07. The number of sulfone groups is 1. The van der Waals surface area contributed by atoms with Gasteiger partial charge in [0.1, 0.15) is 5.25 Å². The van der Waals surface area contributed by atoms with Crippen molar-refractivity contribution in [2.24, 2.45) is 5.92 Å². The summed E-state index contributed by atoms with van der Waals surface area (Å²) in [5, 5.41) is 11.2. The van der Waals surface area contributed by atoms with Crippen LogP contribution >= 0.6 is 0 Å². The molecule has 2 N–H and O–H groups in total. The van der Waals surface area contributed by atoms with Crippen LogP contribution in [0, 0.1) is 5.92 Å². The van der Waals surface area contributed by atoms with Crippen molar-refractivity contribution in [3.05, 3.63) is 0 Å². The number of carbonyl (C=O) groups excluding carboxylic acids is 2. The second-order valence-corrected chi connectivity index (χ2v) is 9.83. The Labute approximate surface area is 148 Å². The third-order valence-corrected chi connectivity index (χ3v) is 7.89. The largest absolute Gasteiger partial charge is 0.426 e. The first-order valence-corrected chi connectivity index (χ1v) is 10.2. The van der Waals surface area contributed by atoms with Gasteiger partial charge in [-0.1, -0.05) is 0 Å². The molecule has 3 aliphatic rings. The second kappa shape index (κ2) is 6.08. The van der Waals surface area contributed by atoms with E-state index in [1.807, 2.05) is 0 Å². The first-order valence-electron chi connectivity index (χ1n) is 8.46. The number of amides is 2. The summed E-state index contributed by atoms with van der Waals surface area (Å²) in [6.45, 7) is 0.434. The molecular formula is C15H21F3N2O5S. The van der Waals surface area contributed by atoms with Crippen molar-refractivity contribution < 1.29 is 36.3 Å². The lowest BCUT2D eigenvalue weighted by Crippen LogP contribution is -2.59. The standard InChI is InChI=1S/C15H21F3N2O5S/c1-14(23,15(16,17)18)13(22)20-7-8-5-9(20)6-10(8)19-12(21)11-3-2-4-26(11,24)25/h8-11,23H,2-7H2,1H3,(H,19,21)/t8-,9+,10-,11?,14?/m1/s1. The fourth-order valence-electron chi connectivity index (χ4n) is 4.14. The molecule has 2 amide bonds. The summed E-state index contributed by atoms with van der Waals surface area (Å²) < 4.78 is 62.3. The van der Waals surface area contributed by atoms with Gasteiger partial charge in [0.25, 0.3) is 5.91 Å². The van der Waals surface area contributed by atoms with Gasteiger partial charge in [-0.25, -0.2) is 8.42 Å². The van der Waals surface area contributed by atoms with Crippen molar-refractivity contribution >= 4 is 21.7 Å². The number of likely N-dealkylation sites (tertiary alicyclic amines) is 1. The Kier molecular flexibility index (Phi) is 4.54. The van der Waals surface area contributed by atoms with Crippen LogP contribution in [-0.2, 0) is 19.4 Å². The Morgan fingerprint density at radius 1 is 1.23 bits per heavy atom. The fourth-order valence-corrected chi connectivity index (χ4v) is 5.92. The fraction of sp³-hybridized carbons (Fsp3) is 0.867. The van der Waals surface area contributed by atoms with Crippen LogP contribution in [0.15, 0.2) is 0 Å². The first kappa shape index (κ1) is 19.4. The highest BCUT2D eigenvalue weighted by atomic mass is 32.2. The summed E-state index contributed by atoms with van der Waals surface area (Å²) in [6.07, 6.45) is -3.69. The van der Waals surface area contributed by atoms with E-state index in [0.717, 1.165) is 4.90 Å². The highest BCUT2D eigenvalue weighted by molar-refractivity contribution is 7.93. The molecule has 11 heteroatoms. The molecule has 1 saturated carbocycles. The molecule has 0 spiro atoms.